The third-order valence-electron chi connectivity index (χ3n) is 5.10. The summed E-state index contributed by atoms with van der Waals surface area (Å²) in [6.45, 7) is 3.39. The first-order valence-corrected chi connectivity index (χ1v) is 8.31. The molecule has 1 saturated carbocycles. The lowest BCUT2D eigenvalue weighted by atomic mass is 9.82. The molecule has 6 nitrogen and oxygen atoms in total. The molecule has 3 atom stereocenters. The van der Waals surface area contributed by atoms with E-state index in [0.29, 0.717) is 12.0 Å². The largest absolute Gasteiger partial charge is 0.377 e. The van der Waals surface area contributed by atoms with Gasteiger partial charge in [0.25, 0.3) is 0 Å². The van der Waals surface area contributed by atoms with Crippen LogP contribution in [0.25, 0.3) is 0 Å². The lowest BCUT2D eigenvalue weighted by Crippen LogP contribution is -2.52. The van der Waals surface area contributed by atoms with Gasteiger partial charge in [0.15, 0.2) is 0 Å². The Balaban J connectivity index is 1.45. The molecule has 1 aromatic rings. The summed E-state index contributed by atoms with van der Waals surface area (Å²) in [5.41, 5.74) is 1.19. The number of nitrogens with zero attached hydrogens (tertiary/aromatic N) is 3. The fourth-order valence-corrected chi connectivity index (χ4v) is 3.81. The van der Waals surface area contributed by atoms with E-state index in [4.69, 9.17) is 4.74 Å². The Morgan fingerprint density at radius 1 is 1.41 bits per heavy atom. The SMILES string of the molecule is Cn1cc(CN2C[C@H]3OCC[C@H]3[C@H](C(=O)NC3CC3)C2)cn1. The quantitative estimate of drug-likeness (QED) is 0.882. The summed E-state index contributed by atoms with van der Waals surface area (Å²) in [5, 5.41) is 7.42. The summed E-state index contributed by atoms with van der Waals surface area (Å²) in [6, 6.07) is 0.432. The first-order valence-electron chi connectivity index (χ1n) is 8.31. The highest BCUT2D eigenvalue weighted by atomic mass is 16.5. The first kappa shape index (κ1) is 14.2. The highest BCUT2D eigenvalue weighted by Crippen LogP contribution is 2.35. The molecule has 3 heterocycles. The van der Waals surface area contributed by atoms with E-state index in [1.165, 1.54) is 5.56 Å². The number of hydrogen-bond acceptors (Lipinski definition) is 4. The van der Waals surface area contributed by atoms with Gasteiger partial charge in [0.05, 0.1) is 18.2 Å². The second kappa shape index (κ2) is 5.66. The summed E-state index contributed by atoms with van der Waals surface area (Å²) >= 11 is 0. The molecule has 1 amide bonds. The van der Waals surface area contributed by atoms with Gasteiger partial charge in [-0.2, -0.15) is 5.10 Å². The van der Waals surface area contributed by atoms with Crippen LogP contribution in [0.2, 0.25) is 0 Å². The number of rotatable bonds is 4. The number of ether oxygens (including phenoxy) is 1. The van der Waals surface area contributed by atoms with Crippen molar-refractivity contribution in [2.45, 2.75) is 38.0 Å². The Kier molecular flexibility index (Phi) is 3.66. The standard InChI is InChI=1S/C16H24N4O2/c1-19-7-11(6-17-19)8-20-9-14(16(21)18-12-2-3-12)13-4-5-22-15(13)10-20/h6-7,12-15H,2-5,8-10H2,1H3,(H,18,21)/t13-,14+,15+/m0/s1. The predicted molar refractivity (Wildman–Crippen MR) is 81.0 cm³/mol. The van der Waals surface area contributed by atoms with Gasteiger partial charge in [0.2, 0.25) is 5.91 Å². The number of aromatic nitrogens is 2. The highest BCUT2D eigenvalue weighted by molar-refractivity contribution is 5.80. The Bertz CT molecular complexity index is 554. The number of likely N-dealkylation sites (tertiary alicyclic amines) is 1. The van der Waals surface area contributed by atoms with Crippen molar-refractivity contribution in [3.05, 3.63) is 18.0 Å². The van der Waals surface area contributed by atoms with E-state index in [1.807, 2.05) is 24.1 Å². The average molecular weight is 304 g/mol. The number of carbonyl (C=O) groups excluding carboxylic acids is 1. The summed E-state index contributed by atoms with van der Waals surface area (Å²) in [6.07, 6.45) is 7.46. The predicted octanol–water partition coefficient (Wildman–Crippen LogP) is 0.536. The average Bonchev–Trinajstić information content (AvgIpc) is 3.01. The van der Waals surface area contributed by atoms with Gasteiger partial charge in [-0.05, 0) is 19.3 Å². The molecular formula is C16H24N4O2. The number of piperidine rings is 1. The van der Waals surface area contributed by atoms with Gasteiger partial charge in [0.1, 0.15) is 0 Å². The zero-order valence-electron chi connectivity index (χ0n) is 13.1. The Hall–Kier alpha value is -1.40. The first-order chi connectivity index (χ1) is 10.7. The maximum absolute atomic E-state index is 12.6. The molecule has 0 aromatic carbocycles. The van der Waals surface area contributed by atoms with Crippen LogP contribution in [0.15, 0.2) is 12.4 Å². The fraction of sp³-hybridized carbons (Fsp3) is 0.750. The van der Waals surface area contributed by atoms with E-state index in [-0.39, 0.29) is 17.9 Å². The van der Waals surface area contributed by atoms with Crippen LogP contribution in [0.1, 0.15) is 24.8 Å². The number of amides is 1. The molecule has 3 aliphatic rings. The fourth-order valence-electron chi connectivity index (χ4n) is 3.81. The van der Waals surface area contributed by atoms with Gasteiger partial charge in [-0.25, -0.2) is 0 Å². The minimum absolute atomic E-state index is 0.0681. The van der Waals surface area contributed by atoms with E-state index in [0.717, 1.165) is 45.5 Å². The maximum Gasteiger partial charge on any atom is 0.225 e. The van der Waals surface area contributed by atoms with E-state index in [9.17, 15) is 4.79 Å². The number of nitrogens with one attached hydrogen (secondary N) is 1. The van der Waals surface area contributed by atoms with Gasteiger partial charge >= 0.3 is 0 Å². The minimum atomic E-state index is 0.0681. The number of hydrogen-bond donors (Lipinski definition) is 1. The maximum atomic E-state index is 12.6. The molecule has 1 aromatic heterocycles. The monoisotopic (exact) mass is 304 g/mol. The lowest BCUT2D eigenvalue weighted by Gasteiger charge is -2.39. The Labute approximate surface area is 130 Å². The second-order valence-corrected chi connectivity index (χ2v) is 6.97. The van der Waals surface area contributed by atoms with Crippen LogP contribution in [-0.4, -0.2) is 52.4 Å². The minimum Gasteiger partial charge on any atom is -0.377 e. The van der Waals surface area contributed by atoms with Crippen molar-refractivity contribution in [1.29, 1.82) is 0 Å². The van der Waals surface area contributed by atoms with Gasteiger partial charge in [0, 0.05) is 57.0 Å². The van der Waals surface area contributed by atoms with Gasteiger partial charge in [-0.3, -0.25) is 14.4 Å². The molecule has 1 N–H and O–H groups in total. The molecule has 120 valence electrons. The van der Waals surface area contributed by atoms with Crippen LogP contribution in [0, 0.1) is 11.8 Å². The van der Waals surface area contributed by atoms with Gasteiger partial charge in [-0.1, -0.05) is 0 Å². The molecule has 22 heavy (non-hydrogen) atoms. The van der Waals surface area contributed by atoms with Crippen LogP contribution in [-0.2, 0) is 23.1 Å². The summed E-state index contributed by atoms with van der Waals surface area (Å²) in [4.78, 5) is 14.9. The molecule has 4 rings (SSSR count). The molecule has 2 aliphatic heterocycles. The van der Waals surface area contributed by atoms with Crippen molar-refractivity contribution in [3.8, 4) is 0 Å². The summed E-state index contributed by atoms with van der Waals surface area (Å²) < 4.78 is 7.71. The topological polar surface area (TPSA) is 59.4 Å². The third kappa shape index (κ3) is 2.90. The van der Waals surface area contributed by atoms with E-state index in [2.05, 4.69) is 15.3 Å². The van der Waals surface area contributed by atoms with Crippen LogP contribution in [0.5, 0.6) is 0 Å². The Morgan fingerprint density at radius 2 is 2.27 bits per heavy atom. The normalized spacial score (nSPS) is 32.0. The molecule has 0 spiro atoms. The number of aryl methyl sites for hydroxylation is 1. The van der Waals surface area contributed by atoms with Crippen molar-refractivity contribution in [2.24, 2.45) is 18.9 Å². The summed E-state index contributed by atoms with van der Waals surface area (Å²) in [5.74, 6) is 0.696. The molecule has 2 saturated heterocycles. The zero-order valence-corrected chi connectivity index (χ0v) is 13.1. The van der Waals surface area contributed by atoms with Gasteiger partial charge < -0.3 is 10.1 Å². The number of carbonyl (C=O) groups is 1. The molecular weight excluding hydrogens is 280 g/mol. The smallest absolute Gasteiger partial charge is 0.225 e. The third-order valence-corrected chi connectivity index (χ3v) is 5.10. The van der Waals surface area contributed by atoms with Crippen molar-refractivity contribution in [1.82, 2.24) is 20.0 Å². The van der Waals surface area contributed by atoms with Crippen LogP contribution in [0.3, 0.4) is 0 Å². The molecule has 0 unspecified atom stereocenters. The molecule has 0 bridgehead atoms. The van der Waals surface area contributed by atoms with Crippen LogP contribution >= 0.6 is 0 Å². The van der Waals surface area contributed by atoms with Crippen molar-refractivity contribution in [2.75, 3.05) is 19.7 Å². The molecule has 6 heteroatoms. The molecule has 1 aliphatic carbocycles. The van der Waals surface area contributed by atoms with Crippen LogP contribution in [0.4, 0.5) is 0 Å². The van der Waals surface area contributed by atoms with Crippen molar-refractivity contribution in [3.63, 3.8) is 0 Å². The lowest BCUT2D eigenvalue weighted by molar-refractivity contribution is -0.131. The zero-order chi connectivity index (χ0) is 15.1. The molecule has 0 radical (unpaired) electrons. The van der Waals surface area contributed by atoms with E-state index < -0.39 is 0 Å². The van der Waals surface area contributed by atoms with E-state index >= 15 is 0 Å². The van der Waals surface area contributed by atoms with Gasteiger partial charge in [-0.15, -0.1) is 0 Å². The molecule has 3 fully saturated rings. The summed E-state index contributed by atoms with van der Waals surface area (Å²) in [7, 11) is 1.93. The number of fused-ring (bicyclic) bond motifs is 1. The Morgan fingerprint density at radius 3 is 3.00 bits per heavy atom. The second-order valence-electron chi connectivity index (χ2n) is 6.97. The van der Waals surface area contributed by atoms with Crippen molar-refractivity contribution < 1.29 is 9.53 Å². The van der Waals surface area contributed by atoms with Crippen molar-refractivity contribution >= 4 is 5.91 Å². The highest BCUT2D eigenvalue weighted by Gasteiger charge is 2.44. The van der Waals surface area contributed by atoms with Crippen LogP contribution < -0.4 is 5.32 Å². The van der Waals surface area contributed by atoms with E-state index in [1.54, 1.807) is 0 Å².